The van der Waals surface area contributed by atoms with Crippen LogP contribution in [-0.4, -0.2) is 17.0 Å². The van der Waals surface area contributed by atoms with Crippen LogP contribution in [0.2, 0.25) is 0 Å². The number of aliphatic imine (C=N–C) groups is 1. The lowest BCUT2D eigenvalue weighted by Gasteiger charge is -2.08. The maximum absolute atomic E-state index is 13.1. The Morgan fingerprint density at radius 2 is 2.24 bits per heavy atom. The van der Waals surface area contributed by atoms with Crippen LogP contribution >= 0.6 is 27.7 Å². The molecule has 90 valence electrons. The molecule has 3 rings (SSSR count). The van der Waals surface area contributed by atoms with Gasteiger partial charge in [-0.2, -0.15) is 0 Å². The number of hydrogen-bond donors (Lipinski definition) is 1. The smallest absolute Gasteiger partial charge is 0.161 e. The van der Waals surface area contributed by atoms with Crippen molar-refractivity contribution in [3.8, 4) is 0 Å². The van der Waals surface area contributed by atoms with Crippen molar-refractivity contribution in [3.05, 3.63) is 28.5 Å². The van der Waals surface area contributed by atoms with Crippen LogP contribution in [-0.2, 0) is 0 Å². The van der Waals surface area contributed by atoms with Gasteiger partial charge in [-0.3, -0.25) is 4.99 Å². The first-order valence-electron chi connectivity index (χ1n) is 5.65. The second kappa shape index (κ2) is 4.61. The van der Waals surface area contributed by atoms with Crippen LogP contribution in [0.3, 0.4) is 0 Å². The van der Waals surface area contributed by atoms with Crippen molar-refractivity contribution in [1.82, 2.24) is 0 Å². The SMILES string of the molecule is Fc1ccc(NC2=NCC(C3CC3)S2)cc1Br. The van der Waals surface area contributed by atoms with E-state index >= 15 is 0 Å². The van der Waals surface area contributed by atoms with E-state index in [1.807, 2.05) is 11.8 Å². The molecule has 1 fully saturated rings. The molecule has 1 heterocycles. The molecule has 0 saturated heterocycles. The number of amidine groups is 1. The quantitative estimate of drug-likeness (QED) is 0.895. The molecule has 1 aliphatic carbocycles. The Hall–Kier alpha value is -0.550. The Morgan fingerprint density at radius 1 is 1.41 bits per heavy atom. The minimum absolute atomic E-state index is 0.243. The maximum Gasteiger partial charge on any atom is 0.161 e. The van der Waals surface area contributed by atoms with Gasteiger partial charge in [-0.1, -0.05) is 11.8 Å². The standard InChI is InChI=1S/C12H12BrFN2S/c13-9-5-8(3-4-10(9)14)16-12-15-6-11(17-12)7-1-2-7/h3-5,7,11H,1-2,6H2,(H,15,16). The molecule has 1 atom stereocenters. The number of nitrogens with one attached hydrogen (secondary N) is 1. The minimum atomic E-state index is -0.243. The Balaban J connectivity index is 1.64. The van der Waals surface area contributed by atoms with E-state index in [4.69, 9.17) is 0 Å². The zero-order valence-corrected chi connectivity index (χ0v) is 11.5. The zero-order chi connectivity index (χ0) is 11.8. The summed E-state index contributed by atoms with van der Waals surface area (Å²) in [5.41, 5.74) is 0.876. The first kappa shape index (κ1) is 11.5. The number of anilines is 1. The monoisotopic (exact) mass is 314 g/mol. The molecule has 0 bridgehead atoms. The van der Waals surface area contributed by atoms with Gasteiger partial charge in [0, 0.05) is 10.9 Å². The predicted molar refractivity (Wildman–Crippen MR) is 74.1 cm³/mol. The second-order valence-corrected chi connectivity index (χ2v) is 6.48. The molecule has 0 amide bonds. The minimum Gasteiger partial charge on any atom is -0.335 e. The lowest BCUT2D eigenvalue weighted by Crippen LogP contribution is -2.09. The highest BCUT2D eigenvalue weighted by Crippen LogP contribution is 2.42. The van der Waals surface area contributed by atoms with Crippen molar-refractivity contribution in [2.24, 2.45) is 10.9 Å². The van der Waals surface area contributed by atoms with Crippen molar-refractivity contribution in [2.45, 2.75) is 18.1 Å². The van der Waals surface area contributed by atoms with E-state index in [-0.39, 0.29) is 5.82 Å². The summed E-state index contributed by atoms with van der Waals surface area (Å²) in [6.45, 7) is 0.917. The molecule has 1 aromatic carbocycles. The molecule has 1 saturated carbocycles. The number of halogens is 2. The molecule has 5 heteroatoms. The molecule has 1 aliphatic heterocycles. The molecule has 2 nitrogen and oxygen atoms in total. The normalized spacial score (nSPS) is 23.6. The van der Waals surface area contributed by atoms with Crippen LogP contribution < -0.4 is 5.32 Å². The lowest BCUT2D eigenvalue weighted by molar-refractivity contribution is 0.621. The van der Waals surface area contributed by atoms with Gasteiger partial charge in [0.2, 0.25) is 0 Å². The van der Waals surface area contributed by atoms with E-state index in [9.17, 15) is 4.39 Å². The molecule has 0 spiro atoms. The predicted octanol–water partition coefficient (Wildman–Crippen LogP) is 3.88. The number of nitrogens with zero attached hydrogens (tertiary/aromatic N) is 1. The number of hydrogen-bond acceptors (Lipinski definition) is 3. The lowest BCUT2D eigenvalue weighted by atomic mass is 10.3. The van der Waals surface area contributed by atoms with Crippen LogP contribution in [0.1, 0.15) is 12.8 Å². The van der Waals surface area contributed by atoms with Gasteiger partial charge in [-0.15, -0.1) is 0 Å². The van der Waals surface area contributed by atoms with Crippen LogP contribution in [0, 0.1) is 11.7 Å². The van der Waals surface area contributed by atoms with Crippen LogP contribution in [0.4, 0.5) is 10.1 Å². The fraction of sp³-hybridized carbons (Fsp3) is 0.417. The highest BCUT2D eigenvalue weighted by Gasteiger charge is 2.35. The summed E-state index contributed by atoms with van der Waals surface area (Å²) in [6.07, 6.45) is 2.70. The van der Waals surface area contributed by atoms with Gasteiger partial charge in [-0.05, 0) is 52.9 Å². The Bertz CT molecular complexity index is 474. The van der Waals surface area contributed by atoms with Gasteiger partial charge in [-0.25, -0.2) is 4.39 Å². The van der Waals surface area contributed by atoms with Crippen molar-refractivity contribution < 1.29 is 4.39 Å². The van der Waals surface area contributed by atoms with Crippen LogP contribution in [0.25, 0.3) is 0 Å². The van der Waals surface area contributed by atoms with Gasteiger partial charge >= 0.3 is 0 Å². The van der Waals surface area contributed by atoms with E-state index in [1.165, 1.54) is 18.9 Å². The van der Waals surface area contributed by atoms with Gasteiger partial charge < -0.3 is 5.32 Å². The van der Waals surface area contributed by atoms with Crippen molar-refractivity contribution >= 4 is 38.5 Å². The highest BCUT2D eigenvalue weighted by molar-refractivity contribution is 9.10. The highest BCUT2D eigenvalue weighted by atomic mass is 79.9. The maximum atomic E-state index is 13.1. The molecule has 0 aromatic heterocycles. The largest absolute Gasteiger partial charge is 0.335 e. The van der Waals surface area contributed by atoms with Crippen LogP contribution in [0.5, 0.6) is 0 Å². The summed E-state index contributed by atoms with van der Waals surface area (Å²) in [6, 6.07) is 4.92. The molecule has 1 aromatic rings. The van der Waals surface area contributed by atoms with Crippen LogP contribution in [0.15, 0.2) is 27.7 Å². The molecule has 17 heavy (non-hydrogen) atoms. The molecule has 2 aliphatic rings. The van der Waals surface area contributed by atoms with E-state index in [0.717, 1.165) is 23.3 Å². The van der Waals surface area contributed by atoms with E-state index in [0.29, 0.717) is 9.72 Å². The number of thioether (sulfide) groups is 1. The van der Waals surface area contributed by atoms with Gasteiger partial charge in [0.05, 0.1) is 11.0 Å². The van der Waals surface area contributed by atoms with Crippen molar-refractivity contribution in [1.29, 1.82) is 0 Å². The molecular formula is C12H12BrFN2S. The first-order valence-corrected chi connectivity index (χ1v) is 7.33. The third kappa shape index (κ3) is 2.65. The average Bonchev–Trinajstić information content (AvgIpc) is 3.06. The Kier molecular flexibility index (Phi) is 3.13. The van der Waals surface area contributed by atoms with Crippen molar-refractivity contribution in [3.63, 3.8) is 0 Å². The molecular weight excluding hydrogens is 303 g/mol. The van der Waals surface area contributed by atoms with E-state index < -0.39 is 0 Å². The third-order valence-electron chi connectivity index (χ3n) is 3.00. The fourth-order valence-electron chi connectivity index (χ4n) is 1.87. The molecule has 0 radical (unpaired) electrons. The van der Waals surface area contributed by atoms with Gasteiger partial charge in [0.15, 0.2) is 5.17 Å². The topological polar surface area (TPSA) is 24.4 Å². The van der Waals surface area contributed by atoms with Gasteiger partial charge in [0.1, 0.15) is 5.82 Å². The molecule has 1 N–H and O–H groups in total. The average molecular weight is 315 g/mol. The summed E-state index contributed by atoms with van der Waals surface area (Å²) < 4.78 is 13.6. The summed E-state index contributed by atoms with van der Waals surface area (Å²) in [7, 11) is 0. The van der Waals surface area contributed by atoms with E-state index in [2.05, 4.69) is 26.2 Å². The zero-order valence-electron chi connectivity index (χ0n) is 9.12. The summed E-state index contributed by atoms with van der Waals surface area (Å²) in [4.78, 5) is 4.49. The summed E-state index contributed by atoms with van der Waals surface area (Å²) in [5.74, 6) is 0.621. The third-order valence-corrected chi connectivity index (χ3v) is 4.90. The second-order valence-electron chi connectivity index (χ2n) is 4.39. The molecule has 1 unspecified atom stereocenters. The van der Waals surface area contributed by atoms with Gasteiger partial charge in [0.25, 0.3) is 0 Å². The van der Waals surface area contributed by atoms with Crippen molar-refractivity contribution in [2.75, 3.05) is 11.9 Å². The number of benzene rings is 1. The van der Waals surface area contributed by atoms with E-state index in [1.54, 1.807) is 12.1 Å². The first-order chi connectivity index (χ1) is 8.22. The fourth-order valence-corrected chi connectivity index (χ4v) is 3.48. The number of rotatable bonds is 2. The Morgan fingerprint density at radius 3 is 2.94 bits per heavy atom. The summed E-state index contributed by atoms with van der Waals surface area (Å²) in [5, 5.41) is 4.85. The Labute approximate surface area is 112 Å². The summed E-state index contributed by atoms with van der Waals surface area (Å²) >= 11 is 4.99.